The Morgan fingerprint density at radius 2 is 1.75 bits per heavy atom. The number of aromatic nitrogens is 2. The third-order valence-corrected chi connectivity index (χ3v) is 2.91. The molecule has 0 bridgehead atoms. The van der Waals surface area contributed by atoms with Crippen molar-refractivity contribution in [1.82, 2.24) is 9.97 Å². The normalized spacial score (nSPS) is 11.4. The summed E-state index contributed by atoms with van der Waals surface area (Å²) in [6.07, 6.45) is -3.70. The lowest BCUT2D eigenvalue weighted by molar-refractivity contribution is -0.141. The van der Waals surface area contributed by atoms with Crippen LogP contribution in [-0.2, 0) is 12.7 Å². The van der Waals surface area contributed by atoms with Gasteiger partial charge in [-0.1, -0.05) is 35.3 Å². The molecule has 1 aromatic heterocycles. The fourth-order valence-corrected chi connectivity index (χ4v) is 1.76. The molecular weight excluding hydrogens is 314 g/mol. The van der Waals surface area contributed by atoms with E-state index in [1.807, 2.05) is 0 Å². The van der Waals surface area contributed by atoms with Gasteiger partial charge in [0.15, 0.2) is 5.69 Å². The molecule has 1 N–H and O–H groups in total. The minimum absolute atomic E-state index is 0.142. The standard InChI is InChI=1S/C12H8Cl2F3N3/c13-8-3-1-7(2-4-8)5-18-11-19-6-9(14)10(20-11)12(15,16)17/h1-4,6H,5H2,(H,18,19,20). The van der Waals surface area contributed by atoms with Crippen LogP contribution in [0.25, 0.3) is 0 Å². The first kappa shape index (κ1) is 14.9. The van der Waals surface area contributed by atoms with Crippen LogP contribution in [0.3, 0.4) is 0 Å². The summed E-state index contributed by atoms with van der Waals surface area (Å²) in [4.78, 5) is 7.08. The van der Waals surface area contributed by atoms with Gasteiger partial charge >= 0.3 is 6.18 Å². The van der Waals surface area contributed by atoms with Gasteiger partial charge in [-0.05, 0) is 17.7 Å². The molecule has 0 saturated carbocycles. The maximum absolute atomic E-state index is 12.6. The molecule has 2 rings (SSSR count). The highest BCUT2D eigenvalue weighted by Gasteiger charge is 2.35. The average molecular weight is 322 g/mol. The van der Waals surface area contributed by atoms with Crippen LogP contribution in [0, 0.1) is 0 Å². The summed E-state index contributed by atoms with van der Waals surface area (Å²) in [7, 11) is 0. The first-order chi connectivity index (χ1) is 9.36. The monoisotopic (exact) mass is 321 g/mol. The van der Waals surface area contributed by atoms with Gasteiger partial charge in [0.05, 0.1) is 11.2 Å². The topological polar surface area (TPSA) is 37.8 Å². The van der Waals surface area contributed by atoms with Crippen molar-refractivity contribution < 1.29 is 13.2 Å². The molecule has 0 spiro atoms. The van der Waals surface area contributed by atoms with Gasteiger partial charge in [0.2, 0.25) is 5.95 Å². The summed E-state index contributed by atoms with van der Waals surface area (Å²) in [6, 6.07) is 6.86. The van der Waals surface area contributed by atoms with E-state index in [0.717, 1.165) is 11.8 Å². The number of nitrogens with one attached hydrogen (secondary N) is 1. The number of alkyl halides is 3. The van der Waals surface area contributed by atoms with Gasteiger partial charge in [0.1, 0.15) is 0 Å². The van der Waals surface area contributed by atoms with E-state index in [-0.39, 0.29) is 12.5 Å². The van der Waals surface area contributed by atoms with E-state index in [4.69, 9.17) is 23.2 Å². The number of rotatable bonds is 3. The number of nitrogens with zero attached hydrogens (tertiary/aromatic N) is 2. The molecule has 1 aromatic carbocycles. The highest BCUT2D eigenvalue weighted by atomic mass is 35.5. The number of anilines is 1. The summed E-state index contributed by atoms with van der Waals surface area (Å²) in [6.45, 7) is 0.274. The molecule has 0 aliphatic carbocycles. The molecule has 0 saturated heterocycles. The lowest BCUT2D eigenvalue weighted by Gasteiger charge is -2.10. The Bertz CT molecular complexity index is 600. The van der Waals surface area contributed by atoms with E-state index in [1.54, 1.807) is 24.3 Å². The quantitative estimate of drug-likeness (QED) is 0.909. The zero-order valence-corrected chi connectivity index (χ0v) is 11.4. The van der Waals surface area contributed by atoms with Crippen LogP contribution in [0.5, 0.6) is 0 Å². The van der Waals surface area contributed by atoms with Crippen LogP contribution in [0.2, 0.25) is 10.0 Å². The second-order valence-electron chi connectivity index (χ2n) is 3.87. The van der Waals surface area contributed by atoms with Crippen molar-refractivity contribution >= 4 is 29.2 Å². The van der Waals surface area contributed by atoms with Crippen molar-refractivity contribution in [3.63, 3.8) is 0 Å². The lowest BCUT2D eigenvalue weighted by Crippen LogP contribution is -2.12. The van der Waals surface area contributed by atoms with E-state index in [1.165, 1.54) is 0 Å². The van der Waals surface area contributed by atoms with Crippen LogP contribution in [-0.4, -0.2) is 9.97 Å². The van der Waals surface area contributed by atoms with Gasteiger partial charge in [-0.15, -0.1) is 0 Å². The zero-order chi connectivity index (χ0) is 14.8. The second kappa shape index (κ2) is 5.85. The van der Waals surface area contributed by atoms with Crippen molar-refractivity contribution in [2.24, 2.45) is 0 Å². The Labute approximate surface area is 122 Å². The summed E-state index contributed by atoms with van der Waals surface area (Å²) in [5.41, 5.74) is -0.325. The predicted molar refractivity (Wildman–Crippen MR) is 70.8 cm³/mol. The van der Waals surface area contributed by atoms with Crippen LogP contribution in [0.1, 0.15) is 11.3 Å². The summed E-state index contributed by atoms with van der Waals surface area (Å²) in [5.74, 6) is -0.142. The molecule has 0 aliphatic heterocycles. The fourth-order valence-electron chi connectivity index (χ4n) is 1.43. The third kappa shape index (κ3) is 3.74. The van der Waals surface area contributed by atoms with Gasteiger partial charge in [-0.25, -0.2) is 9.97 Å². The van der Waals surface area contributed by atoms with E-state index in [2.05, 4.69) is 15.3 Å². The maximum Gasteiger partial charge on any atom is 0.435 e. The van der Waals surface area contributed by atoms with E-state index < -0.39 is 16.9 Å². The van der Waals surface area contributed by atoms with E-state index >= 15 is 0 Å². The molecule has 0 amide bonds. The Morgan fingerprint density at radius 3 is 2.35 bits per heavy atom. The fraction of sp³-hybridized carbons (Fsp3) is 0.167. The molecule has 106 valence electrons. The molecule has 0 unspecified atom stereocenters. The molecule has 0 atom stereocenters. The molecule has 0 aliphatic rings. The van der Waals surface area contributed by atoms with E-state index in [0.29, 0.717) is 5.02 Å². The van der Waals surface area contributed by atoms with Crippen LogP contribution in [0.15, 0.2) is 30.5 Å². The molecule has 0 radical (unpaired) electrons. The average Bonchev–Trinajstić information content (AvgIpc) is 2.38. The first-order valence-corrected chi connectivity index (χ1v) is 6.20. The molecule has 3 nitrogen and oxygen atoms in total. The Kier molecular flexibility index (Phi) is 4.35. The van der Waals surface area contributed by atoms with Gasteiger partial charge in [-0.2, -0.15) is 13.2 Å². The van der Waals surface area contributed by atoms with Crippen LogP contribution >= 0.6 is 23.2 Å². The molecule has 20 heavy (non-hydrogen) atoms. The lowest BCUT2D eigenvalue weighted by atomic mass is 10.2. The molecule has 0 fully saturated rings. The predicted octanol–water partition coefficient (Wildman–Crippen LogP) is 4.41. The van der Waals surface area contributed by atoms with Crippen molar-refractivity contribution in [3.8, 4) is 0 Å². The van der Waals surface area contributed by atoms with Gasteiger partial charge in [0.25, 0.3) is 0 Å². The number of benzene rings is 1. The molecule has 1 heterocycles. The number of hydrogen-bond acceptors (Lipinski definition) is 3. The van der Waals surface area contributed by atoms with Crippen LogP contribution in [0.4, 0.5) is 19.1 Å². The van der Waals surface area contributed by atoms with Crippen LogP contribution < -0.4 is 5.32 Å². The number of halogens is 5. The SMILES string of the molecule is FC(F)(F)c1nc(NCc2ccc(Cl)cc2)ncc1Cl. The summed E-state index contributed by atoms with van der Waals surface area (Å²) < 4.78 is 37.9. The second-order valence-corrected chi connectivity index (χ2v) is 4.71. The molecule has 2 aromatic rings. The Morgan fingerprint density at radius 1 is 1.10 bits per heavy atom. The maximum atomic E-state index is 12.6. The minimum atomic E-state index is -4.61. The molecule has 8 heteroatoms. The first-order valence-electron chi connectivity index (χ1n) is 5.44. The summed E-state index contributed by atoms with van der Waals surface area (Å²) in [5, 5.41) is 2.74. The smallest absolute Gasteiger partial charge is 0.350 e. The van der Waals surface area contributed by atoms with Crippen molar-refractivity contribution in [2.45, 2.75) is 12.7 Å². The van der Waals surface area contributed by atoms with Gasteiger partial charge in [-0.3, -0.25) is 0 Å². The van der Waals surface area contributed by atoms with Crippen molar-refractivity contribution in [2.75, 3.05) is 5.32 Å². The van der Waals surface area contributed by atoms with Gasteiger partial charge < -0.3 is 5.32 Å². The summed E-state index contributed by atoms with van der Waals surface area (Å²) >= 11 is 11.2. The van der Waals surface area contributed by atoms with Gasteiger partial charge in [0, 0.05) is 11.6 Å². The Hall–Kier alpha value is -1.53. The number of hydrogen-bond donors (Lipinski definition) is 1. The van der Waals surface area contributed by atoms with Crippen molar-refractivity contribution in [3.05, 3.63) is 51.8 Å². The third-order valence-electron chi connectivity index (χ3n) is 2.38. The van der Waals surface area contributed by atoms with Crippen molar-refractivity contribution in [1.29, 1.82) is 0 Å². The largest absolute Gasteiger partial charge is 0.435 e. The van der Waals surface area contributed by atoms with E-state index in [9.17, 15) is 13.2 Å². The Balaban J connectivity index is 2.12. The minimum Gasteiger partial charge on any atom is -0.350 e. The highest BCUT2D eigenvalue weighted by molar-refractivity contribution is 6.31. The molecular formula is C12H8Cl2F3N3. The zero-order valence-electron chi connectivity index (χ0n) is 9.88. The highest BCUT2D eigenvalue weighted by Crippen LogP contribution is 2.33.